The number of amides is 4. The lowest BCUT2D eigenvalue weighted by molar-refractivity contribution is 0.0635. The van der Waals surface area contributed by atoms with Crippen molar-refractivity contribution in [2.75, 3.05) is 14.1 Å². The van der Waals surface area contributed by atoms with E-state index in [-0.39, 0.29) is 23.6 Å². The topological polar surface area (TPSA) is 74.8 Å². The monoisotopic (exact) mass is 666 g/mol. The summed E-state index contributed by atoms with van der Waals surface area (Å²) in [5.74, 6) is -1.09. The molecule has 240 valence electrons. The van der Waals surface area contributed by atoms with Crippen molar-refractivity contribution >= 4 is 131 Å². The Bertz CT molecular complexity index is 3180. The first-order valence-corrected chi connectivity index (χ1v) is 17.4. The van der Waals surface area contributed by atoms with Gasteiger partial charge in [0, 0.05) is 47.1 Å². The maximum atomic E-state index is 13.3. The average Bonchev–Trinajstić information content (AvgIpc) is 3.18. The molecule has 0 saturated heterocycles. The van der Waals surface area contributed by atoms with E-state index in [9.17, 15) is 19.2 Å². The third-order valence-corrected chi connectivity index (χ3v) is 12.5. The molecule has 0 fully saturated rings. The molecule has 0 N–H and O–H groups in total. The highest BCUT2D eigenvalue weighted by Crippen LogP contribution is 2.51. The Morgan fingerprint density at radius 1 is 0.250 bits per heavy atom. The fraction of sp³-hybridized carbons (Fsp3) is 0.0435. The van der Waals surface area contributed by atoms with Crippen molar-refractivity contribution in [3.8, 4) is 0 Å². The number of hydrogen-bond donors (Lipinski definition) is 0. The van der Waals surface area contributed by atoms with Gasteiger partial charge in [0.05, 0.1) is 0 Å². The van der Waals surface area contributed by atoms with E-state index >= 15 is 0 Å². The van der Waals surface area contributed by atoms with Crippen LogP contribution in [0.2, 0.25) is 0 Å². The van der Waals surface area contributed by atoms with E-state index in [1.165, 1.54) is 52.9 Å². The zero-order valence-electron chi connectivity index (χ0n) is 27.8. The van der Waals surface area contributed by atoms with Crippen LogP contribution in [0.5, 0.6) is 0 Å². The number of fused-ring (bicyclic) bond motifs is 6. The maximum Gasteiger partial charge on any atom is 0.261 e. The van der Waals surface area contributed by atoms with Gasteiger partial charge in [-0.1, -0.05) is 72.8 Å². The fourth-order valence-corrected chi connectivity index (χ4v) is 10.3. The second kappa shape index (κ2) is 8.33. The normalized spacial score (nSPS) is 15.2. The zero-order chi connectivity index (χ0) is 34.6. The molecule has 0 atom stereocenters. The largest absolute Gasteiger partial charge is 0.277 e. The van der Waals surface area contributed by atoms with Gasteiger partial charge in [0.25, 0.3) is 23.6 Å². The van der Waals surface area contributed by atoms with Gasteiger partial charge in [-0.15, -0.1) is 0 Å². The summed E-state index contributed by atoms with van der Waals surface area (Å²) in [6.07, 6.45) is 0. The molecular weight excluding hydrogens is 645 g/mol. The van der Waals surface area contributed by atoms with E-state index in [0.717, 1.165) is 64.6 Å². The van der Waals surface area contributed by atoms with Crippen LogP contribution >= 0.6 is 0 Å². The fourth-order valence-electron chi connectivity index (χ4n) is 10.3. The number of rotatable bonds is 0. The molecule has 13 rings (SSSR count). The summed E-state index contributed by atoms with van der Waals surface area (Å²) in [5.41, 5.74) is 2.25. The molecule has 0 radical (unpaired) electrons. The summed E-state index contributed by atoms with van der Waals surface area (Å²) < 4.78 is 0. The van der Waals surface area contributed by atoms with Crippen LogP contribution in [0.15, 0.2) is 97.1 Å². The summed E-state index contributed by atoms with van der Waals surface area (Å²) in [5, 5.41) is 21.4. The Balaban J connectivity index is 1.20. The van der Waals surface area contributed by atoms with E-state index in [1.54, 1.807) is 14.1 Å². The first-order valence-electron chi connectivity index (χ1n) is 17.4. The molecule has 2 aliphatic rings. The van der Waals surface area contributed by atoms with Crippen LogP contribution in [0.25, 0.3) is 108 Å². The van der Waals surface area contributed by atoms with Crippen LogP contribution < -0.4 is 0 Å². The zero-order valence-corrected chi connectivity index (χ0v) is 27.8. The summed E-state index contributed by atoms with van der Waals surface area (Å²) in [7, 11) is 3.09. The van der Waals surface area contributed by atoms with Crippen molar-refractivity contribution in [2.24, 2.45) is 0 Å². The van der Waals surface area contributed by atoms with Crippen LogP contribution in [-0.2, 0) is 0 Å². The Kier molecular flexibility index (Phi) is 4.31. The quantitative estimate of drug-likeness (QED) is 0.0917. The summed E-state index contributed by atoms with van der Waals surface area (Å²) in [6.45, 7) is 0. The highest BCUT2D eigenvalue weighted by atomic mass is 16.2. The van der Waals surface area contributed by atoms with E-state index in [0.29, 0.717) is 22.3 Å². The van der Waals surface area contributed by atoms with Gasteiger partial charge in [-0.2, -0.15) is 0 Å². The molecular formula is C46H22N2O4. The van der Waals surface area contributed by atoms with Gasteiger partial charge < -0.3 is 0 Å². The summed E-state index contributed by atoms with van der Waals surface area (Å²) in [6, 6.07) is 33.5. The van der Waals surface area contributed by atoms with Gasteiger partial charge in [0.1, 0.15) is 0 Å². The Labute approximate surface area is 293 Å². The molecule has 2 heterocycles. The lowest BCUT2D eigenvalue weighted by Crippen LogP contribution is -2.36. The molecule has 6 nitrogen and oxygen atoms in total. The lowest BCUT2D eigenvalue weighted by atomic mass is 9.80. The van der Waals surface area contributed by atoms with E-state index < -0.39 is 0 Å². The molecule has 4 amide bonds. The summed E-state index contributed by atoms with van der Waals surface area (Å²) >= 11 is 0. The van der Waals surface area contributed by atoms with Crippen LogP contribution in [0.1, 0.15) is 41.4 Å². The molecule has 11 aromatic carbocycles. The molecule has 0 aliphatic carbocycles. The van der Waals surface area contributed by atoms with Gasteiger partial charge in [-0.05, 0) is 121 Å². The lowest BCUT2D eigenvalue weighted by Gasteiger charge is -2.26. The molecule has 52 heavy (non-hydrogen) atoms. The first-order chi connectivity index (χ1) is 25.3. The second-order valence-corrected chi connectivity index (χ2v) is 14.6. The second-order valence-electron chi connectivity index (χ2n) is 14.6. The minimum Gasteiger partial charge on any atom is -0.277 e. The molecule has 0 spiro atoms. The number of hydrogen-bond acceptors (Lipinski definition) is 4. The van der Waals surface area contributed by atoms with Gasteiger partial charge in [0.2, 0.25) is 0 Å². The van der Waals surface area contributed by atoms with Gasteiger partial charge in [0.15, 0.2) is 0 Å². The van der Waals surface area contributed by atoms with Crippen LogP contribution in [0, 0.1) is 0 Å². The van der Waals surface area contributed by atoms with Gasteiger partial charge >= 0.3 is 0 Å². The van der Waals surface area contributed by atoms with E-state index in [2.05, 4.69) is 72.8 Å². The standard InChI is InChI=1S/C46H22N2O4/c1-47-43(49)31-15-11-27-23-7-3-19-21-5-9-25-29-13-17-33-42-34(46(52)48(2)45(33)51)18-14-30(40(29)42)26-10-6-22(36(21)38(25)26)20-4-8-24(37(23)35(19)20)28-12-16-32(44(47)50)41(31)39(27)28/h3-18H,1-2H3. The molecule has 2 aliphatic heterocycles. The predicted octanol–water partition coefficient (Wildman–Crippen LogP) is 9.98. The number of carbonyl (C=O) groups excluding carboxylic acids is 4. The summed E-state index contributed by atoms with van der Waals surface area (Å²) in [4.78, 5) is 55.5. The number of benzene rings is 11. The van der Waals surface area contributed by atoms with Crippen molar-refractivity contribution in [1.82, 2.24) is 9.80 Å². The Hall–Kier alpha value is -6.92. The number of nitrogens with zero attached hydrogens (tertiary/aromatic N) is 2. The average molecular weight is 667 g/mol. The van der Waals surface area contributed by atoms with Gasteiger partial charge in [-0.3, -0.25) is 29.0 Å². The van der Waals surface area contributed by atoms with Crippen molar-refractivity contribution < 1.29 is 19.2 Å². The molecule has 0 aromatic heterocycles. The smallest absolute Gasteiger partial charge is 0.261 e. The number of carbonyl (C=O) groups is 4. The van der Waals surface area contributed by atoms with Crippen molar-refractivity contribution in [2.45, 2.75) is 0 Å². The minimum atomic E-state index is -0.272. The molecule has 11 aromatic rings. The predicted molar refractivity (Wildman–Crippen MR) is 208 cm³/mol. The van der Waals surface area contributed by atoms with E-state index in [4.69, 9.17) is 0 Å². The van der Waals surface area contributed by atoms with Crippen molar-refractivity contribution in [1.29, 1.82) is 0 Å². The molecule has 0 unspecified atom stereocenters. The van der Waals surface area contributed by atoms with Gasteiger partial charge in [-0.25, -0.2) is 0 Å². The van der Waals surface area contributed by atoms with Crippen molar-refractivity contribution in [3.63, 3.8) is 0 Å². The van der Waals surface area contributed by atoms with Crippen LogP contribution in [0.3, 0.4) is 0 Å². The maximum absolute atomic E-state index is 13.3. The minimum absolute atomic E-state index is 0.272. The van der Waals surface area contributed by atoms with Crippen LogP contribution in [0.4, 0.5) is 0 Å². The third kappa shape index (κ3) is 2.67. The van der Waals surface area contributed by atoms with Crippen molar-refractivity contribution in [3.05, 3.63) is 119 Å². The van der Waals surface area contributed by atoms with Crippen LogP contribution in [-0.4, -0.2) is 47.5 Å². The molecule has 0 saturated carbocycles. The highest BCUT2D eigenvalue weighted by molar-refractivity contribution is 6.47. The number of imide groups is 2. The first kappa shape index (κ1) is 26.9. The van der Waals surface area contributed by atoms with E-state index in [1.807, 2.05) is 24.3 Å². The Morgan fingerprint density at radius 2 is 0.404 bits per heavy atom. The third-order valence-electron chi connectivity index (χ3n) is 12.5. The molecule has 6 heteroatoms. The SMILES string of the molecule is CN1C(=O)c2ccc3c4ccc5c6ccc7c8ccc9c%10c(ccc(c%11ccc(c%12ccc(c%13ccc(c2c3%13)C1=O)c4c5%12)c6c7%11)c%108)C(=O)N(C)C9=O. The highest BCUT2D eigenvalue weighted by Gasteiger charge is 2.34. The molecule has 0 bridgehead atoms. The Morgan fingerprint density at radius 3 is 0.596 bits per heavy atom.